The van der Waals surface area contributed by atoms with Crippen LogP contribution in [0.1, 0.15) is 27.7 Å². The predicted molar refractivity (Wildman–Crippen MR) is 43.5 cm³/mol. The Labute approximate surface area is 63.5 Å². The fraction of sp³-hybridized carbons (Fsp3) is 0.778. The highest BCUT2D eigenvalue weighted by atomic mass is 16.3. The zero-order chi connectivity index (χ0) is 8.15. The maximum absolute atomic E-state index is 9.42. The minimum Gasteiger partial charge on any atom is -0.392 e. The van der Waals surface area contributed by atoms with E-state index in [1.807, 2.05) is 20.8 Å². The van der Waals surface area contributed by atoms with Crippen LogP contribution in [0.4, 0.5) is 0 Å². The van der Waals surface area contributed by atoms with Crippen molar-refractivity contribution in [1.29, 1.82) is 0 Å². The summed E-state index contributed by atoms with van der Waals surface area (Å²) in [5.74, 6) is 6.12. The molecule has 2 atom stereocenters. The summed E-state index contributed by atoms with van der Waals surface area (Å²) >= 11 is 0. The van der Waals surface area contributed by atoms with Crippen molar-refractivity contribution in [3.8, 4) is 11.8 Å². The van der Waals surface area contributed by atoms with E-state index in [-0.39, 0.29) is 12.0 Å². The van der Waals surface area contributed by atoms with E-state index in [4.69, 9.17) is 0 Å². The molecule has 0 saturated carbocycles. The molecule has 1 N–H and O–H groups in total. The molecule has 1 nitrogen and oxygen atoms in total. The second-order valence-corrected chi connectivity index (χ2v) is 2.92. The van der Waals surface area contributed by atoms with Crippen LogP contribution < -0.4 is 0 Å². The molecule has 0 radical (unpaired) electrons. The van der Waals surface area contributed by atoms with Crippen LogP contribution in [0.5, 0.6) is 0 Å². The molecule has 0 aromatic carbocycles. The molecular weight excluding hydrogens is 124 g/mol. The predicted octanol–water partition coefficient (Wildman–Crippen LogP) is 1.66. The molecule has 0 aromatic rings. The first-order chi connectivity index (χ1) is 4.59. The Bertz CT molecular complexity index is 139. The topological polar surface area (TPSA) is 20.2 Å². The lowest BCUT2D eigenvalue weighted by molar-refractivity contribution is 0.0946. The van der Waals surface area contributed by atoms with Gasteiger partial charge in [-0.3, -0.25) is 0 Å². The van der Waals surface area contributed by atoms with Gasteiger partial charge in [0.15, 0.2) is 0 Å². The summed E-state index contributed by atoms with van der Waals surface area (Å²) in [5.41, 5.74) is 0. The van der Waals surface area contributed by atoms with Crippen LogP contribution in [0.2, 0.25) is 0 Å². The van der Waals surface area contributed by atoms with Crippen LogP contribution in [-0.2, 0) is 0 Å². The highest BCUT2D eigenvalue weighted by Crippen LogP contribution is 2.10. The Hall–Kier alpha value is -0.480. The lowest BCUT2D eigenvalue weighted by atomic mass is 9.95. The van der Waals surface area contributed by atoms with Crippen molar-refractivity contribution in [2.45, 2.75) is 33.8 Å². The zero-order valence-corrected chi connectivity index (χ0v) is 7.18. The van der Waals surface area contributed by atoms with Gasteiger partial charge in [0.05, 0.1) is 6.10 Å². The maximum Gasteiger partial charge on any atom is 0.0697 e. The third-order valence-corrected chi connectivity index (χ3v) is 1.57. The molecule has 0 aliphatic carbocycles. The molecule has 0 amide bonds. The van der Waals surface area contributed by atoms with E-state index >= 15 is 0 Å². The van der Waals surface area contributed by atoms with Crippen molar-refractivity contribution < 1.29 is 5.11 Å². The maximum atomic E-state index is 9.42. The number of hydrogen-bond acceptors (Lipinski definition) is 1. The monoisotopic (exact) mass is 140 g/mol. The van der Waals surface area contributed by atoms with Crippen LogP contribution >= 0.6 is 0 Å². The largest absolute Gasteiger partial charge is 0.392 e. The molecule has 2 unspecified atom stereocenters. The third kappa shape index (κ3) is 2.89. The number of aliphatic hydroxyl groups excluding tert-OH is 1. The first kappa shape index (κ1) is 9.52. The highest BCUT2D eigenvalue weighted by Gasteiger charge is 2.14. The van der Waals surface area contributed by atoms with E-state index in [0.717, 1.165) is 0 Å². The smallest absolute Gasteiger partial charge is 0.0697 e. The molecule has 0 aliphatic rings. The summed E-state index contributed by atoms with van der Waals surface area (Å²) in [5, 5.41) is 9.42. The number of hydrogen-bond donors (Lipinski definition) is 1. The molecule has 0 rings (SSSR count). The van der Waals surface area contributed by atoms with Crippen molar-refractivity contribution in [2.75, 3.05) is 0 Å². The normalized spacial score (nSPS) is 15.8. The molecule has 1 heteroatoms. The van der Waals surface area contributed by atoms with E-state index < -0.39 is 0 Å². The van der Waals surface area contributed by atoms with Crippen LogP contribution in [-0.4, -0.2) is 11.2 Å². The Kier molecular flexibility index (Phi) is 4.14. The lowest BCUT2D eigenvalue weighted by Crippen LogP contribution is -2.22. The molecule has 0 aliphatic heterocycles. The second kappa shape index (κ2) is 4.35. The average molecular weight is 140 g/mol. The first-order valence-corrected chi connectivity index (χ1v) is 3.70. The summed E-state index contributed by atoms with van der Waals surface area (Å²) < 4.78 is 0. The minimum atomic E-state index is -0.285. The van der Waals surface area contributed by atoms with Gasteiger partial charge < -0.3 is 5.11 Å². The number of aliphatic hydroxyl groups is 1. The van der Waals surface area contributed by atoms with Gasteiger partial charge in [0, 0.05) is 5.92 Å². The van der Waals surface area contributed by atoms with Gasteiger partial charge in [-0.1, -0.05) is 19.8 Å². The van der Waals surface area contributed by atoms with Crippen molar-refractivity contribution >= 4 is 0 Å². The fourth-order valence-electron chi connectivity index (χ4n) is 0.890. The van der Waals surface area contributed by atoms with Gasteiger partial charge >= 0.3 is 0 Å². The molecule has 58 valence electrons. The lowest BCUT2D eigenvalue weighted by Gasteiger charge is -2.16. The number of rotatable bonds is 2. The molecule has 0 heterocycles. The highest BCUT2D eigenvalue weighted by molar-refractivity contribution is 5.02. The fourth-order valence-corrected chi connectivity index (χ4v) is 0.890. The van der Waals surface area contributed by atoms with Gasteiger partial charge in [-0.05, 0) is 19.8 Å². The van der Waals surface area contributed by atoms with Gasteiger partial charge in [-0.25, -0.2) is 0 Å². The molecular formula is C9H16O. The molecule has 0 aromatic heterocycles. The minimum absolute atomic E-state index is 0.102. The Morgan fingerprint density at radius 3 is 2.00 bits per heavy atom. The third-order valence-electron chi connectivity index (χ3n) is 1.57. The van der Waals surface area contributed by atoms with Gasteiger partial charge in [0.1, 0.15) is 0 Å². The molecule has 0 bridgehead atoms. The second-order valence-electron chi connectivity index (χ2n) is 2.92. The van der Waals surface area contributed by atoms with Crippen molar-refractivity contribution in [1.82, 2.24) is 0 Å². The summed E-state index contributed by atoms with van der Waals surface area (Å²) in [6.45, 7) is 7.74. The van der Waals surface area contributed by atoms with E-state index in [1.54, 1.807) is 6.92 Å². The van der Waals surface area contributed by atoms with Crippen LogP contribution in [0.15, 0.2) is 0 Å². The van der Waals surface area contributed by atoms with E-state index in [0.29, 0.717) is 5.92 Å². The van der Waals surface area contributed by atoms with E-state index in [9.17, 15) is 5.11 Å². The Balaban J connectivity index is 3.89. The average Bonchev–Trinajstić information content (AvgIpc) is 1.87. The zero-order valence-electron chi connectivity index (χ0n) is 7.18. The quantitative estimate of drug-likeness (QED) is 0.578. The van der Waals surface area contributed by atoms with E-state index in [1.165, 1.54) is 0 Å². The van der Waals surface area contributed by atoms with Crippen LogP contribution in [0, 0.1) is 23.7 Å². The van der Waals surface area contributed by atoms with Gasteiger partial charge in [-0.15, -0.1) is 5.92 Å². The molecule has 0 saturated heterocycles. The Morgan fingerprint density at radius 1 is 1.20 bits per heavy atom. The SMILES string of the molecule is CC#CC(C)C(O)C(C)C. The van der Waals surface area contributed by atoms with Gasteiger partial charge in [0.25, 0.3) is 0 Å². The summed E-state index contributed by atoms with van der Waals surface area (Å²) in [6, 6.07) is 0. The summed E-state index contributed by atoms with van der Waals surface area (Å²) in [6.07, 6.45) is -0.285. The van der Waals surface area contributed by atoms with E-state index in [2.05, 4.69) is 11.8 Å². The van der Waals surface area contributed by atoms with Crippen LogP contribution in [0.25, 0.3) is 0 Å². The molecule has 10 heavy (non-hydrogen) atoms. The van der Waals surface area contributed by atoms with Gasteiger partial charge in [-0.2, -0.15) is 0 Å². The molecule has 0 spiro atoms. The van der Waals surface area contributed by atoms with Crippen molar-refractivity contribution in [3.05, 3.63) is 0 Å². The summed E-state index contributed by atoms with van der Waals surface area (Å²) in [7, 11) is 0. The summed E-state index contributed by atoms with van der Waals surface area (Å²) in [4.78, 5) is 0. The van der Waals surface area contributed by atoms with Crippen molar-refractivity contribution in [2.24, 2.45) is 11.8 Å². The van der Waals surface area contributed by atoms with Crippen molar-refractivity contribution in [3.63, 3.8) is 0 Å². The Morgan fingerprint density at radius 2 is 1.70 bits per heavy atom. The first-order valence-electron chi connectivity index (χ1n) is 3.70. The molecule has 0 fully saturated rings. The van der Waals surface area contributed by atoms with Gasteiger partial charge in [0.2, 0.25) is 0 Å². The standard InChI is InChI=1S/C9H16O/c1-5-6-8(4)9(10)7(2)3/h7-10H,1-4H3. The van der Waals surface area contributed by atoms with Crippen LogP contribution in [0.3, 0.4) is 0 Å².